The number of amides is 1. The predicted molar refractivity (Wildman–Crippen MR) is 162 cm³/mol. The number of benzene rings is 4. The highest BCUT2D eigenvalue weighted by atomic mass is 35.5. The van der Waals surface area contributed by atoms with Crippen LogP contribution >= 0.6 is 11.6 Å². The maximum Gasteiger partial charge on any atom is 0.335 e. The van der Waals surface area contributed by atoms with Crippen molar-refractivity contribution in [1.82, 2.24) is 9.13 Å². The third-order valence-corrected chi connectivity index (χ3v) is 8.24. The first-order valence-electron chi connectivity index (χ1n) is 14.6. The highest BCUT2D eigenvalue weighted by Gasteiger charge is 2.31. The fraction of sp³-hybridized carbons (Fsp3) is 0.182. The van der Waals surface area contributed by atoms with E-state index >= 15 is 0 Å². The molecule has 0 saturated carbocycles. The minimum absolute atomic E-state index is 0.0751. The van der Waals surface area contributed by atoms with Crippen molar-refractivity contribution in [3.05, 3.63) is 120 Å². The molecule has 6 rings (SSSR count). The average Bonchev–Trinajstić information content (AvgIpc) is 3.32. The molecule has 5 aromatic rings. The molecule has 4 aromatic carbocycles. The minimum Gasteiger partial charge on any atom is -0.386 e. The Kier molecular flexibility index (Phi) is 5.46. The smallest absolute Gasteiger partial charge is 0.335 e. The lowest BCUT2D eigenvalue weighted by molar-refractivity contribution is 0.0785. The van der Waals surface area contributed by atoms with E-state index in [0.717, 1.165) is 21.8 Å². The van der Waals surface area contributed by atoms with Crippen molar-refractivity contribution < 1.29 is 18.4 Å². The summed E-state index contributed by atoms with van der Waals surface area (Å²) in [6, 6.07) is 15.3. The third kappa shape index (κ3) is 4.01. The standard InChI is InChI=1S/C33H27ClFN3O4/c1-16-19(7-6-10-26(16)38-31(40)21-8-5-9-25(35)29(21)37(4)32(38)41)28-24(34)15-23(30(36)39)22-14-17-13-18(33(2,3)42)11-12-20(17)27(22)28/h5-13,15,42H,14H2,1-4H3,(H2,36,39)/i4D3. The molecule has 7 nitrogen and oxygen atoms in total. The zero-order valence-electron chi connectivity index (χ0n) is 25.9. The number of rotatable bonds is 4. The number of carbonyl (C=O) groups excluding carboxylic acids is 1. The van der Waals surface area contributed by atoms with Crippen LogP contribution in [0, 0.1) is 12.7 Å². The zero-order valence-corrected chi connectivity index (χ0v) is 23.6. The number of hydrogen-bond acceptors (Lipinski definition) is 4. The first-order valence-corrected chi connectivity index (χ1v) is 13.5. The summed E-state index contributed by atoms with van der Waals surface area (Å²) in [7, 11) is 0. The molecule has 0 bridgehead atoms. The molecule has 1 aliphatic carbocycles. The van der Waals surface area contributed by atoms with Crippen molar-refractivity contribution in [3.8, 4) is 27.9 Å². The summed E-state index contributed by atoms with van der Waals surface area (Å²) in [5.74, 6) is -1.68. The Morgan fingerprint density at radius 3 is 2.50 bits per heavy atom. The van der Waals surface area contributed by atoms with E-state index in [0.29, 0.717) is 44.4 Å². The fourth-order valence-corrected chi connectivity index (χ4v) is 6.18. The van der Waals surface area contributed by atoms with Crippen LogP contribution in [0.2, 0.25) is 5.02 Å². The Hall–Kier alpha value is -4.53. The van der Waals surface area contributed by atoms with Crippen molar-refractivity contribution in [2.45, 2.75) is 32.8 Å². The van der Waals surface area contributed by atoms with Gasteiger partial charge in [-0.05, 0) is 90.4 Å². The maximum atomic E-state index is 14.9. The number of aryl methyl sites for hydroxylation is 1. The van der Waals surface area contributed by atoms with E-state index < -0.39 is 41.1 Å². The van der Waals surface area contributed by atoms with Crippen molar-refractivity contribution in [1.29, 1.82) is 0 Å². The van der Waals surface area contributed by atoms with Gasteiger partial charge in [-0.15, -0.1) is 0 Å². The molecule has 1 amide bonds. The van der Waals surface area contributed by atoms with Gasteiger partial charge in [-0.1, -0.05) is 48.0 Å². The summed E-state index contributed by atoms with van der Waals surface area (Å²) in [4.78, 5) is 40.0. The summed E-state index contributed by atoms with van der Waals surface area (Å²) in [5, 5.41) is 10.5. The SMILES string of the molecule is [2H]C([2H])([2H])n1c(=O)n(-c2cccc(-c3c(Cl)cc(C(N)=O)c4c3-c3ccc(C(C)(C)O)cc3C4)c2C)c(=O)c2cccc(F)c21. The fourth-order valence-electron chi connectivity index (χ4n) is 5.88. The first-order chi connectivity index (χ1) is 21.0. The van der Waals surface area contributed by atoms with Gasteiger partial charge in [-0.2, -0.15) is 0 Å². The Morgan fingerprint density at radius 1 is 1.07 bits per heavy atom. The first kappa shape index (κ1) is 24.1. The lowest BCUT2D eigenvalue weighted by Crippen LogP contribution is -2.38. The molecule has 9 heteroatoms. The molecule has 0 fully saturated rings. The molecule has 212 valence electrons. The molecule has 3 N–H and O–H groups in total. The van der Waals surface area contributed by atoms with Crippen molar-refractivity contribution in [2.75, 3.05) is 0 Å². The van der Waals surface area contributed by atoms with Crippen LogP contribution in [0.1, 0.15) is 50.6 Å². The summed E-state index contributed by atoms with van der Waals surface area (Å²) < 4.78 is 39.9. The van der Waals surface area contributed by atoms with Gasteiger partial charge < -0.3 is 10.8 Å². The number of carbonyl (C=O) groups is 1. The summed E-state index contributed by atoms with van der Waals surface area (Å²) >= 11 is 6.88. The van der Waals surface area contributed by atoms with Crippen LogP contribution in [0.3, 0.4) is 0 Å². The van der Waals surface area contributed by atoms with Gasteiger partial charge in [0.05, 0.1) is 22.2 Å². The highest BCUT2D eigenvalue weighted by Crippen LogP contribution is 2.49. The largest absolute Gasteiger partial charge is 0.386 e. The molecule has 42 heavy (non-hydrogen) atoms. The average molecular weight is 587 g/mol. The monoisotopic (exact) mass is 586 g/mol. The van der Waals surface area contributed by atoms with E-state index in [9.17, 15) is 23.9 Å². The second-order valence-corrected chi connectivity index (χ2v) is 11.4. The van der Waals surface area contributed by atoms with Crippen LogP contribution in [0.5, 0.6) is 0 Å². The summed E-state index contributed by atoms with van der Waals surface area (Å²) in [6.45, 7) is 1.90. The van der Waals surface area contributed by atoms with Crippen LogP contribution in [-0.2, 0) is 19.0 Å². The molecule has 1 aliphatic rings. The number of hydrogen-bond donors (Lipinski definition) is 2. The van der Waals surface area contributed by atoms with E-state index in [-0.39, 0.29) is 21.7 Å². The molecule has 0 radical (unpaired) electrons. The Bertz CT molecular complexity index is 2230. The van der Waals surface area contributed by atoms with Crippen molar-refractivity contribution in [2.24, 2.45) is 12.7 Å². The second-order valence-electron chi connectivity index (χ2n) is 11.0. The van der Waals surface area contributed by atoms with Crippen molar-refractivity contribution in [3.63, 3.8) is 0 Å². The number of primary amides is 1. The molecule has 0 aliphatic heterocycles. The van der Waals surface area contributed by atoms with E-state index in [1.165, 1.54) is 24.3 Å². The number of fused-ring (bicyclic) bond motifs is 4. The molecular weight excluding hydrogens is 557 g/mol. The van der Waals surface area contributed by atoms with E-state index in [1.54, 1.807) is 39.0 Å². The van der Waals surface area contributed by atoms with Gasteiger partial charge in [0.2, 0.25) is 5.91 Å². The minimum atomic E-state index is -3.10. The second kappa shape index (κ2) is 9.51. The normalized spacial score (nSPS) is 13.8. The van der Waals surface area contributed by atoms with Gasteiger partial charge in [0.1, 0.15) is 5.82 Å². The Labute approximate surface area is 249 Å². The molecule has 0 unspecified atom stereocenters. The Balaban J connectivity index is 1.68. The number of nitrogens with two attached hydrogens (primary N) is 1. The molecule has 0 saturated heterocycles. The predicted octanol–water partition coefficient (Wildman–Crippen LogP) is 5.35. The van der Waals surface area contributed by atoms with Gasteiger partial charge >= 0.3 is 5.69 Å². The summed E-state index contributed by atoms with van der Waals surface area (Å²) in [6.07, 6.45) is 0.342. The molecular formula is C33H27ClFN3O4. The van der Waals surface area contributed by atoms with Gasteiger partial charge in [-0.25, -0.2) is 13.8 Å². The highest BCUT2D eigenvalue weighted by molar-refractivity contribution is 6.35. The Morgan fingerprint density at radius 2 is 1.81 bits per heavy atom. The van der Waals surface area contributed by atoms with Crippen LogP contribution in [0.15, 0.2) is 70.3 Å². The van der Waals surface area contributed by atoms with Crippen LogP contribution < -0.4 is 17.0 Å². The number of para-hydroxylation sites is 1. The maximum absolute atomic E-state index is 14.9. The van der Waals surface area contributed by atoms with Crippen LogP contribution in [0.25, 0.3) is 38.8 Å². The zero-order chi connectivity index (χ0) is 32.7. The number of aliphatic hydroxyl groups is 1. The number of aromatic nitrogens is 2. The number of nitrogens with zero attached hydrogens (tertiary/aromatic N) is 2. The van der Waals surface area contributed by atoms with Gasteiger partial charge in [0.15, 0.2) is 0 Å². The quantitative estimate of drug-likeness (QED) is 0.290. The lowest BCUT2D eigenvalue weighted by atomic mass is 9.88. The van der Waals surface area contributed by atoms with Gasteiger partial charge in [0.25, 0.3) is 5.56 Å². The molecule has 1 heterocycles. The lowest BCUT2D eigenvalue weighted by Gasteiger charge is -2.20. The van der Waals surface area contributed by atoms with E-state index in [1.807, 2.05) is 12.1 Å². The number of halogens is 2. The molecule has 0 spiro atoms. The van der Waals surface area contributed by atoms with Crippen molar-refractivity contribution >= 4 is 28.4 Å². The molecule has 1 aromatic heterocycles. The van der Waals surface area contributed by atoms with E-state index in [2.05, 4.69) is 0 Å². The van der Waals surface area contributed by atoms with Crippen LogP contribution in [0.4, 0.5) is 4.39 Å². The van der Waals surface area contributed by atoms with E-state index in [4.69, 9.17) is 21.4 Å². The van der Waals surface area contributed by atoms with Crippen LogP contribution in [-0.4, -0.2) is 20.1 Å². The molecule has 0 atom stereocenters. The van der Waals surface area contributed by atoms with Gasteiger partial charge in [0, 0.05) is 27.2 Å². The van der Waals surface area contributed by atoms with Gasteiger partial charge in [-0.3, -0.25) is 14.2 Å². The third-order valence-electron chi connectivity index (χ3n) is 7.94. The topological polar surface area (TPSA) is 107 Å². The summed E-state index contributed by atoms with van der Waals surface area (Å²) in [5.41, 5.74) is 7.23.